The Balaban J connectivity index is 1.97. The number of carbonyl (C=O) groups excluding carboxylic acids is 2. The van der Waals surface area contributed by atoms with Crippen LogP contribution in [0.25, 0.3) is 0 Å². The van der Waals surface area contributed by atoms with E-state index >= 15 is 0 Å². The number of phenolic OH excluding ortho intramolecular Hbond substituents is 1. The highest BCUT2D eigenvalue weighted by Gasteiger charge is 2.28. The number of Topliss-reactive ketones (excluding diaryl/α,β-unsaturated/α-hetero) is 1. The number of thioether (sulfide) groups is 1. The lowest BCUT2D eigenvalue weighted by Gasteiger charge is -2.15. The van der Waals surface area contributed by atoms with Crippen LogP contribution in [0.3, 0.4) is 0 Å². The van der Waals surface area contributed by atoms with Gasteiger partial charge < -0.3 is 5.11 Å². The summed E-state index contributed by atoms with van der Waals surface area (Å²) >= 11 is 1.26. The number of aryl methyl sites for hydroxylation is 1. The van der Waals surface area contributed by atoms with E-state index in [0.29, 0.717) is 4.91 Å². The van der Waals surface area contributed by atoms with Crippen LogP contribution in [0.4, 0.5) is 0 Å². The number of phenols is 1. The molecule has 0 spiro atoms. The fourth-order valence-corrected chi connectivity index (χ4v) is 3.08. The molecule has 0 saturated heterocycles. The quantitative estimate of drug-likeness (QED) is 0.917. The molecule has 0 bridgehead atoms. The summed E-state index contributed by atoms with van der Waals surface area (Å²) in [7, 11) is 0. The number of fused-ring (bicyclic) bond motifs is 1. The van der Waals surface area contributed by atoms with Crippen LogP contribution < -0.4 is 0 Å². The maximum absolute atomic E-state index is 12.4. The minimum atomic E-state index is -0.336. The standard InChI is InChI=1S/C17H12O3S/c1-10-5-7-11(8-6-10)21-15-9-14(19)16-12(17(15)20)3-2-4-13(16)18/h2-9,18H,1H3. The van der Waals surface area contributed by atoms with Gasteiger partial charge in [-0.3, -0.25) is 9.59 Å². The van der Waals surface area contributed by atoms with Gasteiger partial charge in [-0.25, -0.2) is 0 Å². The highest BCUT2D eigenvalue weighted by molar-refractivity contribution is 8.04. The van der Waals surface area contributed by atoms with Gasteiger partial charge in [0, 0.05) is 16.5 Å². The Bertz CT molecular complexity index is 773. The fourth-order valence-electron chi connectivity index (χ4n) is 2.19. The number of hydrogen-bond donors (Lipinski definition) is 1. The first-order valence-corrected chi connectivity index (χ1v) is 7.25. The monoisotopic (exact) mass is 296 g/mol. The molecule has 0 saturated carbocycles. The Morgan fingerprint density at radius 1 is 1.00 bits per heavy atom. The Morgan fingerprint density at radius 3 is 2.43 bits per heavy atom. The maximum Gasteiger partial charge on any atom is 0.200 e. The molecule has 0 heterocycles. The second-order valence-electron chi connectivity index (χ2n) is 4.82. The molecule has 104 valence electrons. The molecule has 3 rings (SSSR count). The predicted octanol–water partition coefficient (Wildman–Crippen LogP) is 3.76. The van der Waals surface area contributed by atoms with Gasteiger partial charge in [-0.1, -0.05) is 35.5 Å². The molecule has 0 radical (unpaired) electrons. The summed E-state index contributed by atoms with van der Waals surface area (Å²) in [4.78, 5) is 25.8. The van der Waals surface area contributed by atoms with E-state index in [-0.39, 0.29) is 28.4 Å². The average molecular weight is 296 g/mol. The van der Waals surface area contributed by atoms with Crippen LogP contribution in [0.2, 0.25) is 0 Å². The number of allylic oxidation sites excluding steroid dienone is 2. The van der Waals surface area contributed by atoms with Crippen LogP contribution >= 0.6 is 11.8 Å². The third-order valence-corrected chi connectivity index (χ3v) is 4.30. The molecule has 1 N–H and O–H groups in total. The number of hydrogen-bond acceptors (Lipinski definition) is 4. The first-order chi connectivity index (χ1) is 10.1. The molecule has 1 aliphatic carbocycles. The van der Waals surface area contributed by atoms with Crippen molar-refractivity contribution in [2.75, 3.05) is 0 Å². The zero-order valence-electron chi connectivity index (χ0n) is 11.3. The van der Waals surface area contributed by atoms with Gasteiger partial charge in [-0.2, -0.15) is 0 Å². The van der Waals surface area contributed by atoms with Crippen LogP contribution in [-0.2, 0) is 0 Å². The van der Waals surface area contributed by atoms with Crippen molar-refractivity contribution in [3.8, 4) is 5.75 Å². The summed E-state index contributed by atoms with van der Waals surface area (Å²) in [5.74, 6) is -0.718. The van der Waals surface area contributed by atoms with Crippen molar-refractivity contribution < 1.29 is 14.7 Å². The van der Waals surface area contributed by atoms with Gasteiger partial charge in [0.15, 0.2) is 5.78 Å². The third kappa shape index (κ3) is 2.50. The number of benzene rings is 2. The Kier molecular flexibility index (Phi) is 3.39. The molecular formula is C17H12O3S. The molecule has 0 fully saturated rings. The van der Waals surface area contributed by atoms with Crippen molar-refractivity contribution in [3.05, 3.63) is 70.1 Å². The number of ketones is 2. The molecule has 21 heavy (non-hydrogen) atoms. The van der Waals surface area contributed by atoms with Crippen molar-refractivity contribution in [3.63, 3.8) is 0 Å². The zero-order valence-corrected chi connectivity index (χ0v) is 12.1. The van der Waals surface area contributed by atoms with Gasteiger partial charge >= 0.3 is 0 Å². The van der Waals surface area contributed by atoms with Crippen molar-refractivity contribution in [1.82, 2.24) is 0 Å². The number of aromatic hydroxyl groups is 1. The molecule has 3 nitrogen and oxygen atoms in total. The van der Waals surface area contributed by atoms with Gasteiger partial charge in [-0.05, 0) is 31.2 Å². The lowest BCUT2D eigenvalue weighted by molar-refractivity contribution is 0.0989. The summed E-state index contributed by atoms with van der Waals surface area (Å²) in [5.41, 5.74) is 1.49. The van der Waals surface area contributed by atoms with E-state index in [1.807, 2.05) is 31.2 Å². The fraction of sp³-hybridized carbons (Fsp3) is 0.0588. The molecule has 1 aliphatic rings. The van der Waals surface area contributed by atoms with Crippen LogP contribution in [0.1, 0.15) is 26.3 Å². The van der Waals surface area contributed by atoms with E-state index in [0.717, 1.165) is 10.5 Å². The van der Waals surface area contributed by atoms with E-state index in [1.54, 1.807) is 12.1 Å². The average Bonchev–Trinajstić information content (AvgIpc) is 2.46. The van der Waals surface area contributed by atoms with Gasteiger partial charge in [0.1, 0.15) is 5.75 Å². The van der Waals surface area contributed by atoms with E-state index in [4.69, 9.17) is 0 Å². The first kappa shape index (κ1) is 13.6. The van der Waals surface area contributed by atoms with Crippen LogP contribution in [0.15, 0.2) is 58.3 Å². The van der Waals surface area contributed by atoms with Gasteiger partial charge in [-0.15, -0.1) is 0 Å². The molecule has 0 aromatic heterocycles. The second kappa shape index (κ2) is 5.22. The minimum Gasteiger partial charge on any atom is -0.507 e. The van der Waals surface area contributed by atoms with Crippen molar-refractivity contribution in [2.45, 2.75) is 11.8 Å². The minimum absolute atomic E-state index is 0.0933. The molecule has 2 aromatic carbocycles. The highest BCUT2D eigenvalue weighted by Crippen LogP contribution is 2.35. The second-order valence-corrected chi connectivity index (χ2v) is 5.93. The highest BCUT2D eigenvalue weighted by atomic mass is 32.2. The van der Waals surface area contributed by atoms with E-state index in [1.165, 1.54) is 23.9 Å². The largest absolute Gasteiger partial charge is 0.507 e. The van der Waals surface area contributed by atoms with Gasteiger partial charge in [0.2, 0.25) is 5.78 Å². The third-order valence-electron chi connectivity index (χ3n) is 3.27. The molecule has 0 aliphatic heterocycles. The van der Waals surface area contributed by atoms with Crippen molar-refractivity contribution in [1.29, 1.82) is 0 Å². The first-order valence-electron chi connectivity index (χ1n) is 6.43. The molecule has 0 amide bonds. The van der Waals surface area contributed by atoms with E-state index in [2.05, 4.69) is 0 Å². The summed E-state index contributed by atoms with van der Waals surface area (Å²) in [6, 6.07) is 12.3. The van der Waals surface area contributed by atoms with Gasteiger partial charge in [0.05, 0.1) is 10.5 Å². The Labute approximate surface area is 126 Å². The summed E-state index contributed by atoms with van der Waals surface area (Å²) in [5, 5.41) is 9.74. The lowest BCUT2D eigenvalue weighted by Crippen LogP contribution is -2.15. The SMILES string of the molecule is Cc1ccc(SC2=CC(=O)c3c(O)cccc3C2=O)cc1. The normalized spacial score (nSPS) is 13.9. The van der Waals surface area contributed by atoms with Crippen molar-refractivity contribution in [2.24, 2.45) is 0 Å². The zero-order chi connectivity index (χ0) is 15.0. The smallest absolute Gasteiger partial charge is 0.200 e. The number of rotatable bonds is 2. The summed E-state index contributed by atoms with van der Waals surface area (Å²) in [6.07, 6.45) is 1.30. The Morgan fingerprint density at radius 2 is 1.71 bits per heavy atom. The van der Waals surface area contributed by atoms with Crippen molar-refractivity contribution >= 4 is 23.3 Å². The van der Waals surface area contributed by atoms with Crippen LogP contribution in [-0.4, -0.2) is 16.7 Å². The van der Waals surface area contributed by atoms with Crippen LogP contribution in [0.5, 0.6) is 5.75 Å². The molecular weight excluding hydrogens is 284 g/mol. The topological polar surface area (TPSA) is 54.4 Å². The van der Waals surface area contributed by atoms with E-state index < -0.39 is 0 Å². The predicted molar refractivity (Wildman–Crippen MR) is 81.9 cm³/mol. The lowest BCUT2D eigenvalue weighted by atomic mass is 9.94. The summed E-state index contributed by atoms with van der Waals surface area (Å²) in [6.45, 7) is 1.99. The molecule has 0 unspecified atom stereocenters. The van der Waals surface area contributed by atoms with Crippen LogP contribution in [0, 0.1) is 6.92 Å². The van der Waals surface area contributed by atoms with Gasteiger partial charge in [0.25, 0.3) is 0 Å². The molecule has 2 aromatic rings. The number of carbonyl (C=O) groups is 2. The molecule has 0 atom stereocenters. The summed E-state index contributed by atoms with van der Waals surface area (Å²) < 4.78 is 0. The maximum atomic E-state index is 12.4. The van der Waals surface area contributed by atoms with E-state index in [9.17, 15) is 14.7 Å². The molecule has 4 heteroatoms. The Hall–Kier alpha value is -2.33.